The topological polar surface area (TPSA) is 59.8 Å². The number of benzene rings is 2. The highest BCUT2D eigenvalue weighted by atomic mass is 32.2. The van der Waals surface area contributed by atoms with Crippen LogP contribution in [0.4, 0.5) is 5.13 Å². The minimum Gasteiger partial charge on any atom is -0.329 e. The van der Waals surface area contributed by atoms with Crippen molar-refractivity contribution in [3.05, 3.63) is 60.2 Å². The van der Waals surface area contributed by atoms with Gasteiger partial charge in [0.15, 0.2) is 10.3 Å². The van der Waals surface area contributed by atoms with E-state index in [1.807, 2.05) is 35.3 Å². The summed E-state index contributed by atoms with van der Waals surface area (Å²) in [6, 6.07) is 14.5. The van der Waals surface area contributed by atoms with Gasteiger partial charge in [0.05, 0.1) is 5.69 Å². The Bertz CT molecular complexity index is 1090. The number of aromatic nitrogens is 3. The van der Waals surface area contributed by atoms with Crippen molar-refractivity contribution in [1.29, 1.82) is 0 Å². The monoisotopic (exact) mass is 394 g/mol. The first-order valence-corrected chi connectivity index (χ1v) is 10.4. The zero-order valence-corrected chi connectivity index (χ0v) is 16.4. The maximum absolute atomic E-state index is 12.2. The quantitative estimate of drug-likeness (QED) is 0.477. The maximum atomic E-state index is 12.2. The fourth-order valence-corrected chi connectivity index (χ4v) is 4.33. The predicted molar refractivity (Wildman–Crippen MR) is 112 cm³/mol. The zero-order chi connectivity index (χ0) is 18.6. The van der Waals surface area contributed by atoms with E-state index < -0.39 is 0 Å². The number of fused-ring (bicyclic) bond motifs is 1. The summed E-state index contributed by atoms with van der Waals surface area (Å²) < 4.78 is 1.94. The Labute approximate surface area is 165 Å². The van der Waals surface area contributed by atoms with Gasteiger partial charge in [0.25, 0.3) is 0 Å². The number of aryl methyl sites for hydroxylation is 1. The average Bonchev–Trinajstić information content (AvgIpc) is 3.31. The van der Waals surface area contributed by atoms with E-state index in [1.54, 1.807) is 18.0 Å². The predicted octanol–water partition coefficient (Wildman–Crippen LogP) is 4.82. The summed E-state index contributed by atoms with van der Waals surface area (Å²) in [6.07, 6.45) is 4.07. The molecule has 1 amide bonds. The van der Waals surface area contributed by atoms with E-state index in [9.17, 15) is 4.79 Å². The Morgan fingerprint density at radius 2 is 2.07 bits per heavy atom. The van der Waals surface area contributed by atoms with Crippen molar-refractivity contribution in [2.45, 2.75) is 11.6 Å². The highest BCUT2D eigenvalue weighted by molar-refractivity contribution is 7.99. The second-order valence-electron chi connectivity index (χ2n) is 6.07. The number of thioether (sulfide) groups is 1. The number of hydrogen-bond donors (Lipinski definition) is 1. The molecular formula is C20H18N4OS2. The van der Waals surface area contributed by atoms with Crippen LogP contribution >= 0.6 is 23.1 Å². The molecule has 2 aromatic heterocycles. The van der Waals surface area contributed by atoms with Crippen molar-refractivity contribution < 1.29 is 4.79 Å². The van der Waals surface area contributed by atoms with E-state index >= 15 is 0 Å². The summed E-state index contributed by atoms with van der Waals surface area (Å²) >= 11 is 3.02. The maximum Gasteiger partial charge on any atom is 0.226 e. The van der Waals surface area contributed by atoms with Crippen LogP contribution in [0, 0.1) is 0 Å². The molecule has 4 aromatic rings. The molecule has 0 aliphatic heterocycles. The molecule has 0 fully saturated rings. The van der Waals surface area contributed by atoms with Gasteiger partial charge in [-0.15, -0.1) is 11.3 Å². The molecule has 0 spiro atoms. The summed E-state index contributed by atoms with van der Waals surface area (Å²) in [5, 5.41) is 8.79. The van der Waals surface area contributed by atoms with Gasteiger partial charge in [-0.3, -0.25) is 4.79 Å². The molecule has 0 bridgehead atoms. The summed E-state index contributed by atoms with van der Waals surface area (Å²) in [5.41, 5.74) is 1.93. The molecule has 0 atom stereocenters. The van der Waals surface area contributed by atoms with Crippen molar-refractivity contribution >= 4 is 44.9 Å². The van der Waals surface area contributed by atoms with E-state index in [0.717, 1.165) is 16.4 Å². The molecule has 0 saturated heterocycles. The zero-order valence-electron chi connectivity index (χ0n) is 14.8. The Morgan fingerprint density at radius 3 is 2.89 bits per heavy atom. The molecule has 1 N–H and O–H groups in total. The van der Waals surface area contributed by atoms with E-state index in [1.165, 1.54) is 22.1 Å². The fourth-order valence-electron chi connectivity index (χ4n) is 2.72. The highest BCUT2D eigenvalue weighted by Gasteiger charge is 2.09. The molecule has 2 aromatic carbocycles. The Hall–Kier alpha value is -2.64. The van der Waals surface area contributed by atoms with Gasteiger partial charge in [0, 0.05) is 42.6 Å². The Balaban J connectivity index is 1.37. The SMILES string of the molecule is Cn1ccnc1SCCC(=O)Nc1nc(-c2ccc3ccccc3c2)cs1. The summed E-state index contributed by atoms with van der Waals surface area (Å²) in [5.74, 6) is 0.649. The molecule has 136 valence electrons. The number of nitrogens with one attached hydrogen (secondary N) is 1. The van der Waals surface area contributed by atoms with Crippen molar-refractivity contribution in [2.75, 3.05) is 11.1 Å². The first-order valence-electron chi connectivity index (χ1n) is 8.54. The van der Waals surface area contributed by atoms with Crippen molar-refractivity contribution in [3.8, 4) is 11.3 Å². The van der Waals surface area contributed by atoms with Crippen LogP contribution < -0.4 is 5.32 Å². The van der Waals surface area contributed by atoms with Gasteiger partial charge in [0.2, 0.25) is 5.91 Å². The molecular weight excluding hydrogens is 376 g/mol. The van der Waals surface area contributed by atoms with Gasteiger partial charge in [-0.25, -0.2) is 9.97 Å². The molecule has 2 heterocycles. The summed E-state index contributed by atoms with van der Waals surface area (Å²) in [4.78, 5) is 21.0. The smallest absolute Gasteiger partial charge is 0.226 e. The lowest BCUT2D eigenvalue weighted by Crippen LogP contribution is -2.12. The van der Waals surface area contributed by atoms with E-state index in [0.29, 0.717) is 17.3 Å². The molecule has 0 unspecified atom stereocenters. The molecule has 5 nitrogen and oxygen atoms in total. The Kier molecular flexibility index (Phi) is 5.22. The molecule has 0 radical (unpaired) electrons. The largest absolute Gasteiger partial charge is 0.329 e. The van der Waals surface area contributed by atoms with Crippen LogP contribution in [0.2, 0.25) is 0 Å². The number of nitrogens with zero attached hydrogens (tertiary/aromatic N) is 3. The number of anilines is 1. The molecule has 7 heteroatoms. The first-order chi connectivity index (χ1) is 13.2. The minimum atomic E-state index is -0.0314. The average molecular weight is 395 g/mol. The van der Waals surface area contributed by atoms with Gasteiger partial charge in [-0.2, -0.15) is 0 Å². The summed E-state index contributed by atoms with van der Waals surface area (Å²) in [7, 11) is 1.94. The first kappa shape index (κ1) is 17.8. The molecule has 27 heavy (non-hydrogen) atoms. The highest BCUT2D eigenvalue weighted by Crippen LogP contribution is 2.28. The third-order valence-electron chi connectivity index (χ3n) is 4.13. The van der Waals surface area contributed by atoms with Crippen molar-refractivity contribution in [1.82, 2.24) is 14.5 Å². The lowest BCUT2D eigenvalue weighted by Gasteiger charge is -2.03. The van der Waals surface area contributed by atoms with Crippen LogP contribution in [-0.4, -0.2) is 26.2 Å². The number of imidazole rings is 1. The van der Waals surface area contributed by atoms with E-state index in [4.69, 9.17) is 0 Å². The fraction of sp³-hybridized carbons (Fsp3) is 0.150. The van der Waals surface area contributed by atoms with Gasteiger partial charge < -0.3 is 9.88 Å². The lowest BCUT2D eigenvalue weighted by molar-refractivity contribution is -0.115. The lowest BCUT2D eigenvalue weighted by atomic mass is 10.1. The second kappa shape index (κ2) is 7.94. The van der Waals surface area contributed by atoms with Crippen LogP contribution in [0.5, 0.6) is 0 Å². The third kappa shape index (κ3) is 4.20. The van der Waals surface area contributed by atoms with Crippen LogP contribution in [0.25, 0.3) is 22.0 Å². The molecule has 0 saturated carbocycles. The van der Waals surface area contributed by atoms with Crippen LogP contribution in [0.15, 0.2) is 65.4 Å². The standard InChI is InChI=1S/C20H18N4OS2/c1-24-10-9-21-20(24)26-11-8-18(25)23-19-22-17(13-27-19)16-7-6-14-4-2-3-5-15(14)12-16/h2-7,9-10,12-13H,8,11H2,1H3,(H,22,23,25). The van der Waals surface area contributed by atoms with Gasteiger partial charge in [-0.1, -0.05) is 48.2 Å². The number of thiazole rings is 1. The van der Waals surface area contributed by atoms with Crippen LogP contribution in [0.1, 0.15) is 6.42 Å². The second-order valence-corrected chi connectivity index (χ2v) is 7.99. The number of rotatable bonds is 6. The Morgan fingerprint density at radius 1 is 1.22 bits per heavy atom. The van der Waals surface area contributed by atoms with Crippen molar-refractivity contribution in [2.24, 2.45) is 7.05 Å². The number of hydrogen-bond acceptors (Lipinski definition) is 5. The number of carbonyl (C=O) groups excluding carboxylic acids is 1. The minimum absolute atomic E-state index is 0.0314. The number of amides is 1. The summed E-state index contributed by atoms with van der Waals surface area (Å²) in [6.45, 7) is 0. The van der Waals surface area contributed by atoms with Crippen LogP contribution in [-0.2, 0) is 11.8 Å². The number of carbonyl (C=O) groups is 1. The van der Waals surface area contributed by atoms with Gasteiger partial charge in [-0.05, 0) is 16.8 Å². The van der Waals surface area contributed by atoms with E-state index in [-0.39, 0.29) is 5.91 Å². The molecule has 4 rings (SSSR count). The normalized spacial score (nSPS) is 11.0. The van der Waals surface area contributed by atoms with Crippen molar-refractivity contribution in [3.63, 3.8) is 0 Å². The van der Waals surface area contributed by atoms with E-state index in [2.05, 4.69) is 45.6 Å². The van der Waals surface area contributed by atoms with Crippen LogP contribution in [0.3, 0.4) is 0 Å². The molecule has 0 aliphatic carbocycles. The third-order valence-corrected chi connectivity index (χ3v) is 5.95. The van der Waals surface area contributed by atoms with Gasteiger partial charge >= 0.3 is 0 Å². The van der Waals surface area contributed by atoms with Gasteiger partial charge in [0.1, 0.15) is 0 Å². The molecule has 0 aliphatic rings.